The minimum Gasteiger partial charge on any atom is -0.494 e. The third kappa shape index (κ3) is 4.52. The molecule has 3 aromatic carbocycles. The number of para-hydroxylation sites is 1. The lowest BCUT2D eigenvalue weighted by Crippen LogP contribution is -2.13. The molecule has 1 N–H and O–H groups in total. The van der Waals surface area contributed by atoms with Gasteiger partial charge in [-0.2, -0.15) is 0 Å². The van der Waals surface area contributed by atoms with Crippen LogP contribution in [0.2, 0.25) is 0 Å². The molecule has 0 fully saturated rings. The highest BCUT2D eigenvalue weighted by Crippen LogP contribution is 2.32. The predicted octanol–water partition coefficient (Wildman–Crippen LogP) is 6.70. The van der Waals surface area contributed by atoms with Crippen molar-refractivity contribution in [3.63, 3.8) is 0 Å². The highest BCUT2D eigenvalue weighted by Gasteiger charge is 2.11. The lowest BCUT2D eigenvalue weighted by molar-refractivity contribution is 0.102. The number of hydrogen-bond acceptors (Lipinski definition) is 4. The van der Waals surface area contributed by atoms with E-state index in [2.05, 4.69) is 24.4 Å². The number of carbonyl (C=O) groups excluding carboxylic acids is 1. The Morgan fingerprint density at radius 1 is 1.07 bits per heavy atom. The van der Waals surface area contributed by atoms with Crippen LogP contribution in [0.15, 0.2) is 66.7 Å². The zero-order valence-electron chi connectivity index (χ0n) is 17.1. The zero-order valence-corrected chi connectivity index (χ0v) is 18.0. The fourth-order valence-corrected chi connectivity index (χ4v) is 4.15. The smallest absolute Gasteiger partial charge is 0.255 e. The number of ether oxygens (including phenoxy) is 1. The van der Waals surface area contributed by atoms with Gasteiger partial charge in [0.25, 0.3) is 5.91 Å². The van der Waals surface area contributed by atoms with Crippen LogP contribution in [0.3, 0.4) is 0 Å². The van der Waals surface area contributed by atoms with Gasteiger partial charge < -0.3 is 10.1 Å². The number of fused-ring (bicyclic) bond motifs is 1. The summed E-state index contributed by atoms with van der Waals surface area (Å²) in [5, 5.41) is 4.00. The molecule has 0 atom stereocenters. The standard InChI is InChI=1S/C25H24N2O2S/c1-3-4-14-29-20-9-7-8-18(16-20)24(28)26-21-13-12-19(15-17(21)2)25-27-22-10-5-6-11-23(22)30-25/h5-13,15-16H,3-4,14H2,1-2H3,(H,26,28). The molecule has 5 heteroatoms. The second-order valence-electron chi connectivity index (χ2n) is 7.20. The summed E-state index contributed by atoms with van der Waals surface area (Å²) in [6.45, 7) is 4.78. The highest BCUT2D eigenvalue weighted by atomic mass is 32.1. The first-order chi connectivity index (χ1) is 14.6. The topological polar surface area (TPSA) is 51.2 Å². The van der Waals surface area contributed by atoms with Gasteiger partial charge >= 0.3 is 0 Å². The van der Waals surface area contributed by atoms with Crippen molar-refractivity contribution in [2.75, 3.05) is 11.9 Å². The molecule has 0 aliphatic heterocycles. The Bertz CT molecular complexity index is 1150. The van der Waals surface area contributed by atoms with Crippen LogP contribution in [0.25, 0.3) is 20.8 Å². The van der Waals surface area contributed by atoms with Gasteiger partial charge in [-0.1, -0.05) is 31.5 Å². The van der Waals surface area contributed by atoms with E-state index < -0.39 is 0 Å². The number of aryl methyl sites for hydroxylation is 1. The summed E-state index contributed by atoms with van der Waals surface area (Å²) in [4.78, 5) is 17.5. The van der Waals surface area contributed by atoms with E-state index in [9.17, 15) is 4.79 Å². The average Bonchev–Trinajstić information content (AvgIpc) is 3.20. The number of amides is 1. The van der Waals surface area contributed by atoms with Crippen molar-refractivity contribution in [3.8, 4) is 16.3 Å². The number of aromatic nitrogens is 1. The molecule has 1 heterocycles. The predicted molar refractivity (Wildman–Crippen MR) is 125 cm³/mol. The van der Waals surface area contributed by atoms with E-state index in [1.165, 1.54) is 4.70 Å². The van der Waals surface area contributed by atoms with Crippen molar-refractivity contribution < 1.29 is 9.53 Å². The SMILES string of the molecule is CCCCOc1cccc(C(=O)Nc2ccc(-c3nc4ccccc4s3)cc2C)c1. The molecule has 0 aliphatic carbocycles. The molecule has 4 aromatic rings. The van der Waals surface area contributed by atoms with Crippen LogP contribution in [-0.4, -0.2) is 17.5 Å². The molecule has 1 aromatic heterocycles. The van der Waals surface area contributed by atoms with E-state index in [-0.39, 0.29) is 5.91 Å². The van der Waals surface area contributed by atoms with Gasteiger partial charge in [-0.15, -0.1) is 11.3 Å². The van der Waals surface area contributed by atoms with Crippen molar-refractivity contribution in [2.45, 2.75) is 26.7 Å². The van der Waals surface area contributed by atoms with Crippen LogP contribution < -0.4 is 10.1 Å². The van der Waals surface area contributed by atoms with E-state index in [0.717, 1.165) is 45.9 Å². The van der Waals surface area contributed by atoms with Gasteiger partial charge in [0.1, 0.15) is 10.8 Å². The summed E-state index contributed by atoms with van der Waals surface area (Å²) in [5.41, 5.74) is 4.43. The molecule has 0 saturated carbocycles. The number of carbonyl (C=O) groups is 1. The van der Waals surface area contributed by atoms with Gasteiger partial charge in [0.15, 0.2) is 0 Å². The largest absolute Gasteiger partial charge is 0.494 e. The number of unbranched alkanes of at least 4 members (excludes halogenated alkanes) is 1. The maximum atomic E-state index is 12.7. The van der Waals surface area contributed by atoms with Crippen LogP contribution >= 0.6 is 11.3 Å². The maximum Gasteiger partial charge on any atom is 0.255 e. The first kappa shape index (κ1) is 20.1. The summed E-state index contributed by atoms with van der Waals surface area (Å²) in [6.07, 6.45) is 2.07. The minimum absolute atomic E-state index is 0.147. The molecule has 152 valence electrons. The number of benzene rings is 3. The van der Waals surface area contributed by atoms with Crippen LogP contribution in [0.1, 0.15) is 35.7 Å². The first-order valence-corrected chi connectivity index (χ1v) is 11.0. The first-order valence-electron chi connectivity index (χ1n) is 10.1. The van der Waals surface area contributed by atoms with E-state index in [1.807, 2.05) is 49.4 Å². The van der Waals surface area contributed by atoms with Gasteiger partial charge in [-0.3, -0.25) is 4.79 Å². The van der Waals surface area contributed by atoms with E-state index >= 15 is 0 Å². The van der Waals surface area contributed by atoms with E-state index in [4.69, 9.17) is 9.72 Å². The fraction of sp³-hybridized carbons (Fsp3) is 0.200. The van der Waals surface area contributed by atoms with Crippen molar-refractivity contribution >= 4 is 33.1 Å². The number of nitrogens with one attached hydrogen (secondary N) is 1. The molecule has 0 aliphatic rings. The van der Waals surface area contributed by atoms with Gasteiger partial charge in [-0.25, -0.2) is 4.98 Å². The third-order valence-corrected chi connectivity index (χ3v) is 5.96. The van der Waals surface area contributed by atoms with Crippen LogP contribution in [0.5, 0.6) is 5.75 Å². The summed E-state index contributed by atoms with van der Waals surface area (Å²) in [7, 11) is 0. The Kier molecular flexibility index (Phi) is 6.10. The molecule has 0 saturated heterocycles. The molecule has 0 unspecified atom stereocenters. The average molecular weight is 417 g/mol. The number of hydrogen-bond donors (Lipinski definition) is 1. The monoisotopic (exact) mass is 416 g/mol. The zero-order chi connectivity index (χ0) is 20.9. The van der Waals surface area contributed by atoms with E-state index in [0.29, 0.717) is 12.2 Å². The van der Waals surface area contributed by atoms with Crippen LogP contribution in [0.4, 0.5) is 5.69 Å². The number of rotatable bonds is 7. The number of thiazole rings is 1. The van der Waals surface area contributed by atoms with Crippen LogP contribution in [0, 0.1) is 6.92 Å². The molecule has 4 rings (SSSR count). The number of anilines is 1. The normalized spacial score (nSPS) is 10.9. The minimum atomic E-state index is -0.147. The molecular weight excluding hydrogens is 392 g/mol. The summed E-state index contributed by atoms with van der Waals surface area (Å²) < 4.78 is 6.89. The van der Waals surface area contributed by atoms with Gasteiger partial charge in [0.05, 0.1) is 16.8 Å². The van der Waals surface area contributed by atoms with Gasteiger partial charge in [-0.05, 0) is 67.4 Å². The molecule has 0 bridgehead atoms. The number of nitrogens with zero attached hydrogens (tertiary/aromatic N) is 1. The Hall–Kier alpha value is -3.18. The van der Waals surface area contributed by atoms with Crippen molar-refractivity contribution in [1.82, 2.24) is 4.98 Å². The molecule has 0 spiro atoms. The molecular formula is C25H24N2O2S. The van der Waals surface area contributed by atoms with Crippen molar-refractivity contribution in [2.24, 2.45) is 0 Å². The van der Waals surface area contributed by atoms with Crippen molar-refractivity contribution in [3.05, 3.63) is 77.9 Å². The third-order valence-electron chi connectivity index (χ3n) is 4.88. The fourth-order valence-electron chi connectivity index (χ4n) is 3.19. The summed E-state index contributed by atoms with van der Waals surface area (Å²) in [5.74, 6) is 0.575. The van der Waals surface area contributed by atoms with E-state index in [1.54, 1.807) is 23.5 Å². The Morgan fingerprint density at radius 3 is 2.73 bits per heavy atom. The highest BCUT2D eigenvalue weighted by molar-refractivity contribution is 7.21. The second kappa shape index (κ2) is 9.09. The lowest BCUT2D eigenvalue weighted by atomic mass is 10.1. The van der Waals surface area contributed by atoms with Gasteiger partial charge in [0, 0.05) is 16.8 Å². The van der Waals surface area contributed by atoms with Gasteiger partial charge in [0.2, 0.25) is 0 Å². The summed E-state index contributed by atoms with van der Waals surface area (Å²) in [6, 6.07) is 21.5. The molecule has 0 radical (unpaired) electrons. The Balaban J connectivity index is 1.49. The Labute approximate surface area is 180 Å². The molecule has 30 heavy (non-hydrogen) atoms. The summed E-state index contributed by atoms with van der Waals surface area (Å²) >= 11 is 1.67. The van der Waals surface area contributed by atoms with Crippen LogP contribution in [-0.2, 0) is 0 Å². The quantitative estimate of drug-likeness (QED) is 0.341. The van der Waals surface area contributed by atoms with Crippen molar-refractivity contribution in [1.29, 1.82) is 0 Å². The molecule has 4 nitrogen and oxygen atoms in total. The molecule has 1 amide bonds. The second-order valence-corrected chi connectivity index (χ2v) is 8.23. The Morgan fingerprint density at radius 2 is 1.93 bits per heavy atom. The maximum absolute atomic E-state index is 12.7. The lowest BCUT2D eigenvalue weighted by Gasteiger charge is -2.11.